The van der Waals surface area contributed by atoms with Crippen molar-refractivity contribution in [3.8, 4) is 5.75 Å². The Hall–Kier alpha value is -2.15. The van der Waals surface area contributed by atoms with Crippen molar-refractivity contribution >= 4 is 23.2 Å². The highest BCUT2D eigenvalue weighted by molar-refractivity contribution is 6.31. The Morgan fingerprint density at radius 1 is 1.43 bits per heavy atom. The number of amides is 1. The van der Waals surface area contributed by atoms with Gasteiger partial charge in [-0.25, -0.2) is 0 Å². The highest BCUT2D eigenvalue weighted by Gasteiger charge is 2.13. The summed E-state index contributed by atoms with van der Waals surface area (Å²) in [6.07, 6.45) is 1.63. The molecule has 2 aromatic rings. The number of hydrogen-bond donors (Lipinski definition) is 1. The van der Waals surface area contributed by atoms with Gasteiger partial charge in [-0.2, -0.15) is 13.9 Å². The van der Waals surface area contributed by atoms with Crippen LogP contribution in [0.25, 0.3) is 0 Å². The Morgan fingerprint density at radius 2 is 2.17 bits per heavy atom. The van der Waals surface area contributed by atoms with E-state index in [9.17, 15) is 13.6 Å². The van der Waals surface area contributed by atoms with Crippen LogP contribution in [0.4, 0.5) is 14.5 Å². The summed E-state index contributed by atoms with van der Waals surface area (Å²) < 4.78 is 30.8. The minimum atomic E-state index is -2.96. The molecule has 0 fully saturated rings. The predicted molar refractivity (Wildman–Crippen MR) is 83.0 cm³/mol. The molecule has 0 aliphatic carbocycles. The van der Waals surface area contributed by atoms with Gasteiger partial charge in [0.1, 0.15) is 5.75 Å². The quantitative estimate of drug-likeness (QED) is 0.868. The number of halogens is 3. The summed E-state index contributed by atoms with van der Waals surface area (Å²) in [5.74, 6) is -0.405. The highest BCUT2D eigenvalue weighted by Crippen LogP contribution is 2.27. The van der Waals surface area contributed by atoms with Gasteiger partial charge in [-0.15, -0.1) is 0 Å². The van der Waals surface area contributed by atoms with Gasteiger partial charge in [-0.3, -0.25) is 9.48 Å². The van der Waals surface area contributed by atoms with E-state index in [2.05, 4.69) is 15.2 Å². The SMILES string of the molecule is Cc1ccc(OC(F)F)c(NC(=O)CCn2ncc(Cl)c2C)c1. The molecule has 0 bridgehead atoms. The topological polar surface area (TPSA) is 56.1 Å². The first kappa shape index (κ1) is 17.2. The van der Waals surface area contributed by atoms with Gasteiger partial charge in [0, 0.05) is 6.42 Å². The van der Waals surface area contributed by atoms with E-state index in [1.54, 1.807) is 30.7 Å². The third-order valence-electron chi connectivity index (χ3n) is 3.22. The third kappa shape index (κ3) is 4.66. The number of nitrogens with one attached hydrogen (secondary N) is 1. The van der Waals surface area contributed by atoms with Gasteiger partial charge in [0.15, 0.2) is 0 Å². The zero-order valence-electron chi connectivity index (χ0n) is 12.6. The molecule has 1 amide bonds. The van der Waals surface area contributed by atoms with Crippen molar-refractivity contribution in [1.82, 2.24) is 9.78 Å². The molecule has 8 heteroatoms. The first-order valence-corrected chi connectivity index (χ1v) is 7.28. The molecule has 0 aliphatic rings. The fraction of sp³-hybridized carbons (Fsp3) is 0.333. The van der Waals surface area contributed by atoms with Crippen molar-refractivity contribution in [2.45, 2.75) is 33.4 Å². The van der Waals surface area contributed by atoms with Crippen molar-refractivity contribution in [2.75, 3.05) is 5.32 Å². The number of ether oxygens (including phenoxy) is 1. The molecular weight excluding hydrogens is 328 g/mol. The van der Waals surface area contributed by atoms with Crippen molar-refractivity contribution < 1.29 is 18.3 Å². The van der Waals surface area contributed by atoms with E-state index in [4.69, 9.17) is 11.6 Å². The Bertz CT molecular complexity index is 704. The lowest BCUT2D eigenvalue weighted by molar-refractivity contribution is -0.116. The lowest BCUT2D eigenvalue weighted by atomic mass is 10.2. The van der Waals surface area contributed by atoms with Crippen molar-refractivity contribution in [2.24, 2.45) is 0 Å². The maximum Gasteiger partial charge on any atom is 0.387 e. The second-order valence-corrected chi connectivity index (χ2v) is 5.38. The zero-order valence-corrected chi connectivity index (χ0v) is 13.4. The number of hydrogen-bond acceptors (Lipinski definition) is 3. The number of carbonyl (C=O) groups is 1. The molecule has 1 aromatic heterocycles. The molecule has 1 aromatic carbocycles. The number of benzene rings is 1. The second kappa shape index (κ2) is 7.41. The number of aryl methyl sites for hydroxylation is 2. The van der Waals surface area contributed by atoms with Crippen LogP contribution >= 0.6 is 11.6 Å². The van der Waals surface area contributed by atoms with Gasteiger partial charge >= 0.3 is 6.61 Å². The van der Waals surface area contributed by atoms with Gasteiger partial charge in [-0.05, 0) is 31.5 Å². The highest BCUT2D eigenvalue weighted by atomic mass is 35.5. The number of anilines is 1. The maximum absolute atomic E-state index is 12.4. The number of aromatic nitrogens is 2. The van der Waals surface area contributed by atoms with E-state index >= 15 is 0 Å². The maximum atomic E-state index is 12.4. The number of rotatable bonds is 6. The Balaban J connectivity index is 2.02. The molecule has 0 atom stereocenters. The molecule has 23 heavy (non-hydrogen) atoms. The summed E-state index contributed by atoms with van der Waals surface area (Å²) in [7, 11) is 0. The molecule has 0 unspecified atom stereocenters. The Kier molecular flexibility index (Phi) is 5.54. The predicted octanol–water partition coefficient (Wildman–Crippen LogP) is 3.78. The van der Waals surface area contributed by atoms with E-state index in [-0.39, 0.29) is 23.8 Å². The second-order valence-electron chi connectivity index (χ2n) is 4.98. The van der Waals surface area contributed by atoms with Crippen LogP contribution in [0.5, 0.6) is 5.75 Å². The fourth-order valence-electron chi connectivity index (χ4n) is 2.01. The first-order valence-electron chi connectivity index (χ1n) is 6.90. The molecule has 1 N–H and O–H groups in total. The van der Waals surface area contributed by atoms with Gasteiger partial charge in [0.2, 0.25) is 5.91 Å². The summed E-state index contributed by atoms with van der Waals surface area (Å²) in [5.41, 5.74) is 1.79. The number of alkyl halides is 2. The largest absolute Gasteiger partial charge is 0.433 e. The van der Waals surface area contributed by atoms with Gasteiger partial charge in [0.25, 0.3) is 0 Å². The lowest BCUT2D eigenvalue weighted by Crippen LogP contribution is -2.16. The standard InChI is InChI=1S/C15H16ClF2N3O2/c1-9-3-4-13(23-15(17)18)12(7-9)20-14(22)5-6-21-10(2)11(16)8-19-21/h3-4,7-8,15H,5-6H2,1-2H3,(H,20,22). The van der Waals surface area contributed by atoms with Gasteiger partial charge < -0.3 is 10.1 Å². The van der Waals surface area contributed by atoms with E-state index < -0.39 is 6.61 Å². The van der Waals surface area contributed by atoms with E-state index in [1.165, 1.54) is 12.3 Å². The van der Waals surface area contributed by atoms with Crippen molar-refractivity contribution in [3.05, 3.63) is 40.7 Å². The molecule has 0 saturated heterocycles. The summed E-state index contributed by atoms with van der Waals surface area (Å²) >= 11 is 5.89. The van der Waals surface area contributed by atoms with Crippen LogP contribution in [0.3, 0.4) is 0 Å². The van der Waals surface area contributed by atoms with Crippen LogP contribution in [0.15, 0.2) is 24.4 Å². The summed E-state index contributed by atoms with van der Waals surface area (Å²) in [6.45, 7) is 0.961. The number of carbonyl (C=O) groups excluding carboxylic acids is 1. The van der Waals surface area contributed by atoms with Crippen LogP contribution in [0, 0.1) is 13.8 Å². The lowest BCUT2D eigenvalue weighted by Gasteiger charge is -2.13. The smallest absolute Gasteiger partial charge is 0.387 e. The van der Waals surface area contributed by atoms with E-state index in [0.717, 1.165) is 11.3 Å². The number of nitrogens with zero attached hydrogens (tertiary/aromatic N) is 2. The molecule has 2 rings (SSSR count). The van der Waals surface area contributed by atoms with Crippen LogP contribution in [0.1, 0.15) is 17.7 Å². The Morgan fingerprint density at radius 3 is 2.78 bits per heavy atom. The van der Waals surface area contributed by atoms with Gasteiger partial charge in [-0.1, -0.05) is 17.7 Å². The summed E-state index contributed by atoms with van der Waals surface area (Å²) in [4.78, 5) is 12.0. The van der Waals surface area contributed by atoms with Crippen LogP contribution in [0.2, 0.25) is 5.02 Å². The normalized spacial score (nSPS) is 10.9. The van der Waals surface area contributed by atoms with Crippen LogP contribution in [-0.2, 0) is 11.3 Å². The summed E-state index contributed by atoms with van der Waals surface area (Å²) in [6, 6.07) is 4.60. The monoisotopic (exact) mass is 343 g/mol. The molecule has 1 heterocycles. The molecule has 0 saturated carbocycles. The summed E-state index contributed by atoms with van der Waals surface area (Å²) in [5, 5.41) is 7.15. The first-order chi connectivity index (χ1) is 10.9. The van der Waals surface area contributed by atoms with E-state index in [0.29, 0.717) is 11.6 Å². The molecule has 0 spiro atoms. The third-order valence-corrected chi connectivity index (χ3v) is 3.59. The van der Waals surface area contributed by atoms with Crippen LogP contribution < -0.4 is 10.1 Å². The molecule has 5 nitrogen and oxygen atoms in total. The van der Waals surface area contributed by atoms with E-state index in [1.807, 2.05) is 0 Å². The average molecular weight is 344 g/mol. The zero-order chi connectivity index (χ0) is 17.0. The van der Waals surface area contributed by atoms with Crippen LogP contribution in [-0.4, -0.2) is 22.3 Å². The Labute approximate surface area is 137 Å². The molecule has 0 radical (unpaired) electrons. The van der Waals surface area contributed by atoms with Crippen molar-refractivity contribution in [3.63, 3.8) is 0 Å². The molecular formula is C15H16ClF2N3O2. The minimum Gasteiger partial charge on any atom is -0.433 e. The molecule has 0 aliphatic heterocycles. The fourth-order valence-corrected chi connectivity index (χ4v) is 2.15. The van der Waals surface area contributed by atoms with Gasteiger partial charge in [0.05, 0.1) is 29.1 Å². The minimum absolute atomic E-state index is 0.0720. The van der Waals surface area contributed by atoms with Crippen molar-refractivity contribution in [1.29, 1.82) is 0 Å². The molecule has 124 valence electrons. The average Bonchev–Trinajstić information content (AvgIpc) is 2.79.